The molecule has 0 fully saturated rings. The molecule has 3 N–H and O–H groups in total. The number of carbonyl (C=O) groups excluding carboxylic acids is 2. The second-order valence-corrected chi connectivity index (χ2v) is 8.30. The van der Waals surface area contributed by atoms with Crippen molar-refractivity contribution in [3.8, 4) is 0 Å². The number of rotatable bonds is 5. The fourth-order valence-corrected chi connectivity index (χ4v) is 3.16. The number of nitro benzene ring substituents is 2. The molecule has 0 aromatic heterocycles. The third-order valence-electron chi connectivity index (χ3n) is 4.32. The Morgan fingerprint density at radius 1 is 0.703 bits per heavy atom. The Labute approximate surface area is 224 Å². The number of aromatic carboxylic acids is 1. The van der Waals surface area contributed by atoms with Gasteiger partial charge in [0.1, 0.15) is 5.56 Å². The normalized spacial score (nSPS) is 9.65. The Morgan fingerprint density at radius 2 is 1.05 bits per heavy atom. The number of ketones is 2. The number of nitrogen functional groups attached to an aromatic ring is 1. The Kier molecular flexibility index (Phi) is 11.6. The maximum absolute atomic E-state index is 10.9. The maximum atomic E-state index is 10.9. The molecule has 0 aliphatic rings. The SMILES string of the molecule is CC(=O)c1ccc(Cl)cc1N.CC(=O)c1ccc(Cl)cc1[N+](=O)[O-].O=C(O)c1ccc(Cl)cc1[N+](=O)[O-]. The average molecular weight is 571 g/mol. The molecule has 0 spiro atoms. The molecule has 0 bridgehead atoms. The van der Waals surface area contributed by atoms with Crippen LogP contribution < -0.4 is 5.73 Å². The molecule has 11 nitrogen and oxygen atoms in total. The molecule has 0 radical (unpaired) electrons. The summed E-state index contributed by atoms with van der Waals surface area (Å²) in [7, 11) is 0. The van der Waals surface area contributed by atoms with Crippen molar-refractivity contribution in [2.24, 2.45) is 0 Å². The van der Waals surface area contributed by atoms with Crippen LogP contribution >= 0.6 is 34.8 Å². The molecule has 0 unspecified atom stereocenters. The van der Waals surface area contributed by atoms with Crippen LogP contribution in [-0.4, -0.2) is 32.5 Å². The average Bonchev–Trinajstić information content (AvgIpc) is 2.79. The van der Waals surface area contributed by atoms with Gasteiger partial charge in [0, 0.05) is 38.5 Å². The summed E-state index contributed by atoms with van der Waals surface area (Å²) in [5.41, 5.74) is 5.44. The van der Waals surface area contributed by atoms with Crippen LogP contribution in [-0.2, 0) is 0 Å². The molecule has 194 valence electrons. The highest BCUT2D eigenvalue weighted by atomic mass is 35.5. The molecule has 0 amide bonds. The van der Waals surface area contributed by atoms with E-state index in [1.54, 1.807) is 18.2 Å². The summed E-state index contributed by atoms with van der Waals surface area (Å²) in [6, 6.07) is 12.2. The molecule has 3 aromatic rings. The predicted molar refractivity (Wildman–Crippen MR) is 139 cm³/mol. The number of carbonyl (C=O) groups is 3. The molecule has 3 rings (SSSR count). The highest BCUT2D eigenvalue weighted by Crippen LogP contribution is 2.24. The Morgan fingerprint density at radius 3 is 1.41 bits per heavy atom. The van der Waals surface area contributed by atoms with E-state index in [0.29, 0.717) is 16.3 Å². The number of hydrogen-bond donors (Lipinski definition) is 2. The first-order valence-corrected chi connectivity index (χ1v) is 11.0. The summed E-state index contributed by atoms with van der Waals surface area (Å²) in [6.07, 6.45) is 0. The lowest BCUT2D eigenvalue weighted by molar-refractivity contribution is -0.385. The summed E-state index contributed by atoms with van der Waals surface area (Å²) in [5, 5.41) is 30.3. The highest BCUT2D eigenvalue weighted by molar-refractivity contribution is 6.31. The second kappa shape index (κ2) is 13.9. The minimum absolute atomic E-state index is 0.0424. The number of nitrogens with zero attached hydrogens (tertiary/aromatic N) is 2. The molecule has 0 aliphatic heterocycles. The van der Waals surface area contributed by atoms with E-state index in [9.17, 15) is 34.6 Å². The number of anilines is 1. The molecular weight excluding hydrogens is 553 g/mol. The van der Waals surface area contributed by atoms with Gasteiger partial charge in [-0.15, -0.1) is 0 Å². The zero-order valence-corrected chi connectivity index (χ0v) is 21.4. The summed E-state index contributed by atoms with van der Waals surface area (Å²) in [6.45, 7) is 2.75. The van der Waals surface area contributed by atoms with Crippen molar-refractivity contribution in [2.75, 3.05) is 5.73 Å². The molecule has 37 heavy (non-hydrogen) atoms. The first-order valence-electron chi connectivity index (χ1n) is 9.83. The molecule has 0 saturated heterocycles. The molecular formula is C23H18Cl3N3O8. The van der Waals surface area contributed by atoms with Gasteiger partial charge in [-0.2, -0.15) is 0 Å². The molecule has 14 heteroatoms. The van der Waals surface area contributed by atoms with E-state index in [2.05, 4.69) is 0 Å². The Bertz CT molecular complexity index is 1310. The van der Waals surface area contributed by atoms with E-state index in [4.69, 9.17) is 45.6 Å². The van der Waals surface area contributed by atoms with Gasteiger partial charge in [0.15, 0.2) is 11.6 Å². The van der Waals surface area contributed by atoms with Crippen molar-refractivity contribution in [1.82, 2.24) is 0 Å². The lowest BCUT2D eigenvalue weighted by atomic mass is 10.1. The number of nitro groups is 2. The third kappa shape index (κ3) is 9.49. The first kappa shape index (κ1) is 31.0. The molecule has 0 aliphatic carbocycles. The molecule has 0 atom stereocenters. The molecule has 0 saturated carbocycles. The van der Waals surface area contributed by atoms with Crippen LogP contribution in [0.2, 0.25) is 15.1 Å². The van der Waals surface area contributed by atoms with Crippen molar-refractivity contribution in [3.63, 3.8) is 0 Å². The largest absolute Gasteiger partial charge is 0.477 e. The lowest BCUT2D eigenvalue weighted by Gasteiger charge is -2.00. The number of nitrogens with two attached hydrogens (primary N) is 1. The monoisotopic (exact) mass is 569 g/mol. The van der Waals surface area contributed by atoms with Crippen molar-refractivity contribution in [3.05, 3.63) is 107 Å². The number of carboxylic acid groups (broad SMARTS) is 1. The van der Waals surface area contributed by atoms with Crippen molar-refractivity contribution in [2.45, 2.75) is 13.8 Å². The second-order valence-electron chi connectivity index (χ2n) is 6.99. The predicted octanol–water partition coefficient (Wildman–Crippen LogP) is 6.52. The Hall–Kier alpha value is -4.06. The minimum Gasteiger partial charge on any atom is -0.477 e. The van der Waals surface area contributed by atoms with E-state index in [-0.39, 0.29) is 38.4 Å². The van der Waals surface area contributed by atoms with Crippen LogP contribution in [0.15, 0.2) is 54.6 Å². The smallest absolute Gasteiger partial charge is 0.342 e. The number of halogens is 3. The van der Waals surface area contributed by atoms with Crippen LogP contribution in [0.3, 0.4) is 0 Å². The van der Waals surface area contributed by atoms with Crippen LogP contribution in [0.5, 0.6) is 0 Å². The van der Waals surface area contributed by atoms with Crippen molar-refractivity contribution >= 4 is 69.4 Å². The van der Waals surface area contributed by atoms with Crippen molar-refractivity contribution < 1.29 is 29.3 Å². The third-order valence-corrected chi connectivity index (χ3v) is 5.02. The standard InChI is InChI=1S/C8H6ClNO3.C8H8ClNO.C7H4ClNO4/c1-5(11)7-3-2-6(9)4-8(7)10(12)13;1-5(11)7-3-2-6(9)4-8(7)10;8-4-1-2-5(7(10)11)6(3-4)9(12)13/h2-4H,1H3;2-4H,10H2,1H3;1-3H,(H,10,11). The molecule has 0 heterocycles. The van der Waals surface area contributed by atoms with E-state index in [1.807, 2.05) is 0 Å². The van der Waals surface area contributed by atoms with E-state index in [0.717, 1.165) is 18.2 Å². The van der Waals surface area contributed by atoms with Gasteiger partial charge in [-0.1, -0.05) is 34.8 Å². The van der Waals surface area contributed by atoms with Gasteiger partial charge in [0.05, 0.1) is 15.4 Å². The summed E-state index contributed by atoms with van der Waals surface area (Å²) >= 11 is 16.6. The Balaban J connectivity index is 0.000000279. The number of Topliss-reactive ketones (excluding diaryl/α,β-unsaturated/α-hetero) is 2. The van der Waals surface area contributed by atoms with Crippen LogP contribution in [0.1, 0.15) is 44.9 Å². The first-order chi connectivity index (χ1) is 17.1. The zero-order valence-electron chi connectivity index (χ0n) is 19.1. The summed E-state index contributed by atoms with van der Waals surface area (Å²) in [5.74, 6) is -1.73. The van der Waals surface area contributed by atoms with Crippen LogP contribution in [0, 0.1) is 20.2 Å². The maximum Gasteiger partial charge on any atom is 0.342 e. The lowest BCUT2D eigenvalue weighted by Crippen LogP contribution is -2.01. The van der Waals surface area contributed by atoms with Gasteiger partial charge in [0.25, 0.3) is 11.4 Å². The number of carboxylic acids is 1. The fraction of sp³-hybridized carbons (Fsp3) is 0.0870. The van der Waals surface area contributed by atoms with Gasteiger partial charge >= 0.3 is 5.97 Å². The topological polar surface area (TPSA) is 184 Å². The molecule has 3 aromatic carbocycles. The van der Waals surface area contributed by atoms with Gasteiger partial charge in [-0.25, -0.2) is 4.79 Å². The zero-order chi connectivity index (χ0) is 28.4. The van der Waals surface area contributed by atoms with E-state index in [1.165, 1.54) is 32.0 Å². The number of hydrogen-bond acceptors (Lipinski definition) is 8. The summed E-state index contributed by atoms with van der Waals surface area (Å²) < 4.78 is 0. The summed E-state index contributed by atoms with van der Waals surface area (Å²) in [4.78, 5) is 51.7. The van der Waals surface area contributed by atoms with Gasteiger partial charge in [-0.05, 0) is 56.3 Å². The van der Waals surface area contributed by atoms with Crippen molar-refractivity contribution in [1.29, 1.82) is 0 Å². The van der Waals surface area contributed by atoms with Gasteiger partial charge < -0.3 is 10.8 Å². The minimum atomic E-state index is -1.34. The van der Waals surface area contributed by atoms with Crippen LogP contribution in [0.25, 0.3) is 0 Å². The van der Waals surface area contributed by atoms with E-state index < -0.39 is 21.5 Å². The fourth-order valence-electron chi connectivity index (χ4n) is 2.64. The quantitative estimate of drug-likeness (QED) is 0.149. The van der Waals surface area contributed by atoms with Gasteiger partial charge in [0.2, 0.25) is 0 Å². The van der Waals surface area contributed by atoms with Gasteiger partial charge in [-0.3, -0.25) is 29.8 Å². The number of benzene rings is 3. The van der Waals surface area contributed by atoms with E-state index >= 15 is 0 Å². The van der Waals surface area contributed by atoms with Crippen LogP contribution in [0.4, 0.5) is 17.1 Å². The highest BCUT2D eigenvalue weighted by Gasteiger charge is 2.19.